The van der Waals surface area contributed by atoms with Crippen LogP contribution in [0.15, 0.2) is 82.3 Å². The first-order valence-corrected chi connectivity index (χ1v) is 23.4. The Morgan fingerprint density at radius 3 is 2.24 bits per heavy atom. The molecule has 19 heteroatoms. The maximum Gasteiger partial charge on any atom is 0.573 e. The zero-order valence-corrected chi connectivity index (χ0v) is 40.7. The molecule has 378 valence electrons. The lowest BCUT2D eigenvalue weighted by Gasteiger charge is -2.42. The van der Waals surface area contributed by atoms with E-state index in [1.54, 1.807) is 19.3 Å². The van der Waals surface area contributed by atoms with Crippen molar-refractivity contribution >= 4 is 51.9 Å². The number of carbonyl (C=O) groups is 4. The Kier molecular flexibility index (Phi) is 15.3. The van der Waals surface area contributed by atoms with Crippen molar-refractivity contribution in [3.8, 4) is 28.4 Å². The summed E-state index contributed by atoms with van der Waals surface area (Å²) in [5.41, 5.74) is 6.48. The summed E-state index contributed by atoms with van der Waals surface area (Å²) >= 11 is 0.756. The van der Waals surface area contributed by atoms with E-state index in [-0.39, 0.29) is 50.5 Å². The van der Waals surface area contributed by atoms with Crippen LogP contribution in [-0.4, -0.2) is 94.3 Å². The summed E-state index contributed by atoms with van der Waals surface area (Å²) in [7, 11) is 1.10. The number of nitrogens with one attached hydrogen (secondary N) is 1. The van der Waals surface area contributed by atoms with Gasteiger partial charge in [0.05, 0.1) is 18.3 Å². The van der Waals surface area contributed by atoms with Crippen LogP contribution in [0.2, 0.25) is 0 Å². The quantitative estimate of drug-likeness (QED) is 0.0473. The highest BCUT2D eigenvalue weighted by Gasteiger charge is 2.46. The minimum atomic E-state index is -4.86. The molecular weight excluding hydrogens is 952 g/mol. The van der Waals surface area contributed by atoms with Crippen LogP contribution in [0.1, 0.15) is 90.7 Å². The molecule has 3 aliphatic rings. The van der Waals surface area contributed by atoms with Gasteiger partial charge in [-0.15, -0.1) is 13.2 Å². The Labute approximate surface area is 410 Å². The first-order valence-electron chi connectivity index (χ1n) is 22.5. The number of halogens is 3. The maximum atomic E-state index is 13.2. The number of thioether (sulfide) groups is 1. The average Bonchev–Trinajstić information content (AvgIpc) is 3.90. The van der Waals surface area contributed by atoms with Crippen LogP contribution in [-0.2, 0) is 36.3 Å². The number of methoxy groups -OCH3 is 1. The Morgan fingerprint density at radius 2 is 1.58 bits per heavy atom. The molecule has 3 heterocycles. The highest BCUT2D eigenvalue weighted by atomic mass is 32.2. The second-order valence-electron chi connectivity index (χ2n) is 18.9. The molecule has 2 aliphatic heterocycles. The molecule has 1 aliphatic carbocycles. The molecule has 0 unspecified atom stereocenters. The summed E-state index contributed by atoms with van der Waals surface area (Å²) in [6.07, 6.45) is -8.24. The fourth-order valence-corrected chi connectivity index (χ4v) is 9.48. The lowest BCUT2D eigenvalue weighted by molar-refractivity contribution is -0.277. The molecule has 2 fully saturated rings. The number of imide groups is 1. The predicted molar refractivity (Wildman–Crippen MR) is 255 cm³/mol. The smallest absolute Gasteiger partial charge is 0.507 e. The van der Waals surface area contributed by atoms with E-state index >= 15 is 0 Å². The minimum Gasteiger partial charge on any atom is -0.507 e. The number of hydrogen-bond acceptors (Lipinski definition) is 15. The predicted octanol–water partition coefficient (Wildman–Crippen LogP) is 9.47. The first kappa shape index (κ1) is 52.4. The lowest BCUT2D eigenvalue weighted by atomic mass is 9.62. The number of Topliss-reactive ketones (excluding diaryl/α,β-unsaturated/α-hetero) is 1. The SMILES string of the molecule is COC(=O)OC[C@H]1O[C@@H](Oc2cc(C)cc(O)c2C(=O)CCc2ccc3occc3c2)[C@H](O)[C@@H](O)[C@@H]1O.Cc1cc2c(cc1-c1cc(/C=C3\SC(=O)NC3=O)ccc1OC(F)(F)F)C(C)(C)CCC2(C)C. The molecule has 5 atom stereocenters. The second-order valence-corrected chi connectivity index (χ2v) is 19.9. The molecule has 4 aromatic carbocycles. The summed E-state index contributed by atoms with van der Waals surface area (Å²) in [4.78, 5) is 48.1. The Bertz CT molecular complexity index is 2890. The van der Waals surface area contributed by atoms with Gasteiger partial charge >= 0.3 is 12.5 Å². The van der Waals surface area contributed by atoms with Gasteiger partial charge < -0.3 is 48.5 Å². The number of aliphatic hydroxyl groups excluding tert-OH is 3. The van der Waals surface area contributed by atoms with Gasteiger partial charge in [-0.1, -0.05) is 45.9 Å². The molecule has 5 aromatic rings. The number of benzene rings is 4. The number of fused-ring (bicyclic) bond motifs is 2. The molecule has 0 bridgehead atoms. The number of aliphatic hydroxyl groups is 3. The molecule has 5 N–H and O–H groups in total. The third-order valence-electron chi connectivity index (χ3n) is 12.8. The number of aryl methyl sites for hydroxylation is 3. The molecule has 71 heavy (non-hydrogen) atoms. The molecular formula is C52H54F3NO14S. The number of amides is 2. The number of phenolic OH excluding ortho intramolecular Hbond substituents is 1. The zero-order chi connectivity index (χ0) is 51.7. The minimum absolute atomic E-state index is 0.0364. The highest BCUT2D eigenvalue weighted by molar-refractivity contribution is 8.18. The number of hydrogen-bond donors (Lipinski definition) is 5. The summed E-state index contributed by atoms with van der Waals surface area (Å²) in [6, 6.07) is 18.6. The van der Waals surface area contributed by atoms with Crippen LogP contribution in [0.3, 0.4) is 0 Å². The molecule has 1 aromatic heterocycles. The molecule has 2 saturated heterocycles. The third kappa shape index (κ3) is 12.0. The molecule has 0 saturated carbocycles. The van der Waals surface area contributed by atoms with Crippen LogP contribution in [0, 0.1) is 13.8 Å². The molecule has 0 radical (unpaired) electrons. The van der Waals surface area contributed by atoms with E-state index in [4.69, 9.17) is 18.6 Å². The van der Waals surface area contributed by atoms with Crippen molar-refractivity contribution in [2.75, 3.05) is 13.7 Å². The Morgan fingerprint density at radius 1 is 0.873 bits per heavy atom. The van der Waals surface area contributed by atoms with Gasteiger partial charge in [-0.2, -0.15) is 0 Å². The first-order chi connectivity index (χ1) is 33.3. The Hall–Kier alpha value is -6.38. The van der Waals surface area contributed by atoms with Gasteiger partial charge in [0, 0.05) is 17.4 Å². The third-order valence-corrected chi connectivity index (χ3v) is 13.6. The number of phenols is 1. The van der Waals surface area contributed by atoms with E-state index in [0.717, 1.165) is 59.4 Å². The van der Waals surface area contributed by atoms with Gasteiger partial charge in [0.25, 0.3) is 11.1 Å². The van der Waals surface area contributed by atoms with E-state index in [1.165, 1.54) is 35.9 Å². The van der Waals surface area contributed by atoms with Crippen molar-refractivity contribution in [3.05, 3.63) is 117 Å². The molecule has 2 amide bonds. The van der Waals surface area contributed by atoms with Crippen molar-refractivity contribution in [1.82, 2.24) is 5.32 Å². The maximum absolute atomic E-state index is 13.2. The number of furan rings is 1. The van der Waals surface area contributed by atoms with Crippen molar-refractivity contribution < 1.29 is 80.9 Å². The monoisotopic (exact) mass is 1010 g/mol. The number of ether oxygens (including phenoxy) is 5. The zero-order valence-electron chi connectivity index (χ0n) is 39.8. The van der Waals surface area contributed by atoms with Gasteiger partial charge in [-0.05, 0) is 149 Å². The topological polar surface area (TPSA) is 221 Å². The van der Waals surface area contributed by atoms with Crippen LogP contribution in [0.4, 0.5) is 22.8 Å². The van der Waals surface area contributed by atoms with Crippen LogP contribution >= 0.6 is 11.8 Å². The largest absolute Gasteiger partial charge is 0.573 e. The molecule has 15 nitrogen and oxygen atoms in total. The number of aromatic hydroxyl groups is 1. The van der Waals surface area contributed by atoms with E-state index < -0.39 is 66.8 Å². The van der Waals surface area contributed by atoms with E-state index in [0.29, 0.717) is 23.1 Å². The van der Waals surface area contributed by atoms with E-state index in [9.17, 15) is 52.8 Å². The van der Waals surface area contributed by atoms with Crippen molar-refractivity contribution in [2.45, 2.75) is 115 Å². The van der Waals surface area contributed by atoms with E-state index in [1.807, 2.05) is 37.3 Å². The number of ketones is 1. The molecule has 8 rings (SSSR count). The van der Waals surface area contributed by atoms with Gasteiger partial charge in [0.2, 0.25) is 6.29 Å². The summed E-state index contributed by atoms with van der Waals surface area (Å²) in [5, 5.41) is 44.1. The van der Waals surface area contributed by atoms with Gasteiger partial charge in [0.15, 0.2) is 5.78 Å². The van der Waals surface area contributed by atoms with Crippen LogP contribution in [0.5, 0.6) is 17.2 Å². The highest BCUT2D eigenvalue weighted by Crippen LogP contribution is 2.49. The van der Waals surface area contributed by atoms with E-state index in [2.05, 4.69) is 48.6 Å². The van der Waals surface area contributed by atoms with Crippen LogP contribution < -0.4 is 14.8 Å². The fraction of sp³-hybridized carbons (Fsp3) is 0.385. The van der Waals surface area contributed by atoms with Gasteiger partial charge in [-0.3, -0.25) is 19.7 Å². The van der Waals surface area contributed by atoms with Gasteiger partial charge in [0.1, 0.15) is 59.4 Å². The standard InChI is InChI=1S/C26H26F3NO3S.C26H28O11/c1-14-10-18-19(25(4,5)9-8-24(18,2)3)13-16(14)17-11-15(6-7-20(17)33-26(27,28)29)12-21-22(31)30-23(32)34-21;1-13-9-17(28)21(16(27)5-3-14-4-6-18-15(11-14)7-8-34-18)19(10-13)36-25-24(31)23(30)22(29)20(37-25)12-35-26(32)33-2/h6-7,10-13H,8-9H2,1-5H3,(H,30,31,32);4,6-11,20,22-25,28-31H,3,5,12H2,1-2H3/b21-12-;/t;20-,22-,23+,24-,25-/m.1/s1. The van der Waals surface area contributed by atoms with Crippen molar-refractivity contribution in [1.29, 1.82) is 0 Å². The van der Waals surface area contributed by atoms with Crippen molar-refractivity contribution in [3.63, 3.8) is 0 Å². The summed E-state index contributed by atoms with van der Waals surface area (Å²) in [6.45, 7) is 11.7. The fourth-order valence-electron chi connectivity index (χ4n) is 8.79. The second kappa shape index (κ2) is 20.8. The van der Waals surface area contributed by atoms with Crippen molar-refractivity contribution in [2.24, 2.45) is 0 Å². The lowest BCUT2D eigenvalue weighted by Crippen LogP contribution is -2.60. The number of carbonyl (C=O) groups excluding carboxylic acids is 4. The average molecular weight is 1010 g/mol. The number of alkyl halides is 3. The molecule has 0 spiro atoms. The summed E-state index contributed by atoms with van der Waals surface area (Å²) < 4.78 is 69.9. The Balaban J connectivity index is 0.000000209. The summed E-state index contributed by atoms with van der Waals surface area (Å²) in [5.74, 6) is -1.66. The number of rotatable bonds is 11. The van der Waals surface area contributed by atoms with Crippen LogP contribution in [0.25, 0.3) is 28.2 Å². The van der Waals surface area contributed by atoms with Gasteiger partial charge in [-0.25, -0.2) is 4.79 Å². The normalized spacial score (nSPS) is 22.0.